The van der Waals surface area contributed by atoms with Gasteiger partial charge >= 0.3 is 5.97 Å². The first-order valence-electron chi connectivity index (χ1n) is 25.7. The van der Waals surface area contributed by atoms with Gasteiger partial charge in [0, 0.05) is 7.11 Å². The quantitative estimate of drug-likeness (QED) is 0.0387. The minimum Gasteiger partial charge on any atom is -0.466 e. The van der Waals surface area contributed by atoms with Crippen LogP contribution in [0.4, 0.5) is 0 Å². The van der Waals surface area contributed by atoms with E-state index in [4.69, 9.17) is 52.1 Å². The second-order valence-electron chi connectivity index (χ2n) is 18.5. The second-order valence-corrected chi connectivity index (χ2v) is 18.5. The summed E-state index contributed by atoms with van der Waals surface area (Å²) in [6, 6.07) is 58.8. The molecule has 0 aromatic heterocycles. The van der Waals surface area contributed by atoms with Crippen LogP contribution in [-0.4, -0.2) is 99.7 Å². The van der Waals surface area contributed by atoms with E-state index in [-0.39, 0.29) is 52.8 Å². The smallest absolute Gasteiger partial charge is 0.315 e. The van der Waals surface area contributed by atoms with Gasteiger partial charge in [-0.2, -0.15) is 0 Å². The maximum Gasteiger partial charge on any atom is 0.315 e. The van der Waals surface area contributed by atoms with Crippen molar-refractivity contribution in [2.24, 2.45) is 0 Å². The van der Waals surface area contributed by atoms with Crippen LogP contribution in [0.3, 0.4) is 0 Å². The lowest BCUT2D eigenvalue weighted by atomic mass is 9.90. The van der Waals surface area contributed by atoms with Crippen molar-refractivity contribution in [1.29, 1.82) is 0 Å². The predicted octanol–water partition coefficient (Wildman–Crippen LogP) is 9.07. The first-order valence-corrected chi connectivity index (χ1v) is 25.7. The van der Waals surface area contributed by atoms with Gasteiger partial charge in [0.25, 0.3) is 0 Å². The molecule has 0 bridgehead atoms. The van der Waals surface area contributed by atoms with Gasteiger partial charge in [-0.25, -0.2) is 0 Å². The number of rotatable bonds is 27. The van der Waals surface area contributed by atoms with Crippen molar-refractivity contribution in [2.45, 2.75) is 121 Å². The van der Waals surface area contributed by atoms with Crippen LogP contribution >= 0.6 is 0 Å². The van der Waals surface area contributed by atoms with Crippen LogP contribution < -0.4 is 5.32 Å². The molecule has 1 N–H and O–H groups in total. The standard InChI is InChI=1S/C61H69NO13/c1-4-67-53(64)35-52(63)62-43-61(59(72-41-50-33-21-10-22-34-50)57(70-39-48-29-17-8-18-30-48)54(44(2)74-61)68-37-46-25-13-6-14-26-46)75-56-55(69-38-47-27-15-7-16-28-47)51(42-66-36-45-23-11-5-12-24-45)73-60(65-3)58(56)71-40-49-31-19-9-20-32-49/h5-34,44,51,54-60H,4,35-43H2,1-3H3,(H,62,63)/t44-,51+,54+,55+,56-,57+,58+,59-,60-,61-/m0/s1. The van der Waals surface area contributed by atoms with Gasteiger partial charge in [0.2, 0.25) is 11.7 Å². The van der Waals surface area contributed by atoms with E-state index in [1.807, 2.05) is 189 Å². The largest absolute Gasteiger partial charge is 0.466 e. The van der Waals surface area contributed by atoms with E-state index in [1.54, 1.807) is 14.0 Å². The minimum atomic E-state index is -1.94. The first kappa shape index (κ1) is 55.1. The molecular formula is C61H69NO13. The topological polar surface area (TPSA) is 148 Å². The van der Waals surface area contributed by atoms with Crippen molar-refractivity contribution in [3.05, 3.63) is 215 Å². The molecule has 2 fully saturated rings. The van der Waals surface area contributed by atoms with Gasteiger partial charge in [0.15, 0.2) is 6.29 Å². The van der Waals surface area contributed by atoms with Gasteiger partial charge in [0.1, 0.15) is 49.1 Å². The van der Waals surface area contributed by atoms with Crippen molar-refractivity contribution in [2.75, 3.05) is 26.9 Å². The molecule has 0 unspecified atom stereocenters. The lowest BCUT2D eigenvalue weighted by molar-refractivity contribution is -0.413. The molecule has 8 rings (SSSR count). The van der Waals surface area contributed by atoms with Gasteiger partial charge in [-0.1, -0.05) is 182 Å². The Morgan fingerprint density at radius 2 is 0.933 bits per heavy atom. The highest BCUT2D eigenvalue weighted by Crippen LogP contribution is 2.42. The zero-order chi connectivity index (χ0) is 52.1. The molecule has 0 aliphatic carbocycles. The fourth-order valence-electron chi connectivity index (χ4n) is 9.32. The fraction of sp³-hybridized carbons (Fsp3) is 0.377. The minimum absolute atomic E-state index is 0.0617. The lowest BCUT2D eigenvalue weighted by Crippen LogP contribution is -2.73. The predicted molar refractivity (Wildman–Crippen MR) is 279 cm³/mol. The summed E-state index contributed by atoms with van der Waals surface area (Å²) >= 11 is 0. The van der Waals surface area contributed by atoms with E-state index in [2.05, 4.69) is 5.32 Å². The number of ether oxygens (including phenoxy) is 11. The SMILES string of the molecule is CCOC(=O)CC(=O)NC[C@@]1(O[C@@H]2[C@@H](OCc3ccccc3)[C@@H](OC)O[C@H](COCc3ccccc3)[C@H]2OCc2ccccc2)O[C@@H](C)[C@@H](OCc2ccccc2)[C@@H](OCc2ccccc2)[C@@H]1OCc1ccccc1. The fourth-order valence-corrected chi connectivity index (χ4v) is 9.32. The summed E-state index contributed by atoms with van der Waals surface area (Å²) in [5, 5.41) is 2.99. The molecular weight excluding hydrogens is 955 g/mol. The van der Waals surface area contributed by atoms with Crippen LogP contribution in [0.15, 0.2) is 182 Å². The number of hydrogen-bond acceptors (Lipinski definition) is 13. The number of carbonyl (C=O) groups is 2. The Labute approximate surface area is 440 Å². The molecule has 0 saturated carbocycles. The van der Waals surface area contributed by atoms with Crippen molar-refractivity contribution < 1.29 is 61.7 Å². The van der Waals surface area contributed by atoms with Gasteiger partial charge in [-0.15, -0.1) is 0 Å². The number of nitrogens with one attached hydrogen (secondary N) is 1. The van der Waals surface area contributed by atoms with Crippen LogP contribution in [0.5, 0.6) is 0 Å². The van der Waals surface area contributed by atoms with Crippen molar-refractivity contribution in [3.8, 4) is 0 Å². The van der Waals surface area contributed by atoms with Crippen LogP contribution in [0.25, 0.3) is 0 Å². The van der Waals surface area contributed by atoms with Crippen LogP contribution in [0.1, 0.15) is 53.6 Å². The molecule has 0 radical (unpaired) electrons. The Hall–Kier alpha value is -6.14. The molecule has 2 saturated heterocycles. The van der Waals surface area contributed by atoms with E-state index in [9.17, 15) is 9.59 Å². The molecule has 14 heteroatoms. The molecule has 6 aromatic rings. The van der Waals surface area contributed by atoms with Crippen molar-refractivity contribution in [1.82, 2.24) is 5.32 Å². The Morgan fingerprint density at radius 3 is 1.39 bits per heavy atom. The summed E-state index contributed by atoms with van der Waals surface area (Å²) in [6.45, 7) is 4.45. The maximum absolute atomic E-state index is 14.0. The normalized spacial score (nSPS) is 24.5. The van der Waals surface area contributed by atoms with E-state index in [0.717, 1.165) is 33.4 Å². The van der Waals surface area contributed by atoms with Crippen LogP contribution in [0.2, 0.25) is 0 Å². The molecule has 0 spiro atoms. The third-order valence-corrected chi connectivity index (χ3v) is 13.0. The number of benzene rings is 6. The molecule has 2 aliphatic rings. The average molecular weight is 1020 g/mol. The van der Waals surface area contributed by atoms with Crippen molar-refractivity contribution in [3.63, 3.8) is 0 Å². The van der Waals surface area contributed by atoms with Gasteiger partial charge in [0.05, 0.1) is 65.5 Å². The number of carbonyl (C=O) groups excluding carboxylic acids is 2. The summed E-state index contributed by atoms with van der Waals surface area (Å²) in [7, 11) is 1.55. The molecule has 6 aromatic carbocycles. The first-order chi connectivity index (χ1) is 36.8. The number of hydrogen-bond donors (Lipinski definition) is 1. The average Bonchev–Trinajstić information content (AvgIpc) is 3.44. The van der Waals surface area contributed by atoms with Gasteiger partial charge in [-0.05, 0) is 47.2 Å². The molecule has 2 aliphatic heterocycles. The molecule has 396 valence electrons. The van der Waals surface area contributed by atoms with Crippen LogP contribution in [0, 0.1) is 0 Å². The highest BCUT2D eigenvalue weighted by Gasteiger charge is 2.61. The van der Waals surface area contributed by atoms with Gasteiger partial charge < -0.3 is 57.4 Å². The molecule has 10 atom stereocenters. The Balaban J connectivity index is 1.26. The summed E-state index contributed by atoms with van der Waals surface area (Å²) in [5.74, 6) is -3.25. The summed E-state index contributed by atoms with van der Waals surface area (Å²) in [5.41, 5.74) is 5.47. The van der Waals surface area contributed by atoms with E-state index in [1.165, 1.54) is 0 Å². The summed E-state index contributed by atoms with van der Waals surface area (Å²) < 4.78 is 74.8. The molecule has 1 amide bonds. The molecule has 2 heterocycles. The lowest BCUT2D eigenvalue weighted by Gasteiger charge is -2.55. The van der Waals surface area contributed by atoms with E-state index >= 15 is 0 Å². The summed E-state index contributed by atoms with van der Waals surface area (Å²) in [4.78, 5) is 26.8. The highest BCUT2D eigenvalue weighted by molar-refractivity contribution is 5.94. The maximum atomic E-state index is 14.0. The molecule has 14 nitrogen and oxygen atoms in total. The third-order valence-electron chi connectivity index (χ3n) is 13.0. The number of amides is 1. The zero-order valence-corrected chi connectivity index (χ0v) is 42.9. The Bertz CT molecular complexity index is 2570. The highest BCUT2D eigenvalue weighted by atomic mass is 16.8. The third kappa shape index (κ3) is 15.9. The molecule has 75 heavy (non-hydrogen) atoms. The Morgan fingerprint density at radius 1 is 0.520 bits per heavy atom. The second kappa shape index (κ2) is 28.7. The van der Waals surface area contributed by atoms with E-state index in [0.29, 0.717) is 6.61 Å². The Kier molecular flexibility index (Phi) is 21.1. The van der Waals surface area contributed by atoms with Crippen molar-refractivity contribution >= 4 is 11.9 Å². The summed E-state index contributed by atoms with van der Waals surface area (Å²) in [6.07, 6.45) is -9.05. The number of methoxy groups -OCH3 is 1. The monoisotopic (exact) mass is 1020 g/mol. The van der Waals surface area contributed by atoms with E-state index < -0.39 is 79.2 Å². The van der Waals surface area contributed by atoms with Crippen LogP contribution in [-0.2, 0) is 101 Å². The zero-order valence-electron chi connectivity index (χ0n) is 42.9. The number of esters is 1. The van der Waals surface area contributed by atoms with Gasteiger partial charge in [-0.3, -0.25) is 9.59 Å².